The molecule has 0 fully saturated rings. The van der Waals surface area contributed by atoms with Crippen molar-refractivity contribution in [2.75, 3.05) is 13.8 Å². The monoisotopic (exact) mass is 464 g/mol. The maximum absolute atomic E-state index is 5.41. The predicted molar refractivity (Wildman–Crippen MR) is 113 cm³/mol. The van der Waals surface area contributed by atoms with Crippen molar-refractivity contribution in [3.63, 3.8) is 0 Å². The molecule has 0 spiro atoms. The molecule has 0 radical (unpaired) electrons. The Morgan fingerprint density at radius 2 is 1.85 bits per heavy atom. The van der Waals surface area contributed by atoms with Crippen molar-refractivity contribution in [2.45, 2.75) is 13.1 Å². The topological polar surface area (TPSA) is 70.7 Å². The van der Waals surface area contributed by atoms with Crippen molar-refractivity contribution in [3.8, 4) is 11.5 Å². The SMILES string of the molecule is CN=C(NCc1ccc2c(c1)OCO2)NCc1cc2ccccc2[nH]1.I. The van der Waals surface area contributed by atoms with Crippen LogP contribution in [0.4, 0.5) is 0 Å². The van der Waals surface area contributed by atoms with Gasteiger partial charge in [0.05, 0.1) is 6.54 Å². The number of rotatable bonds is 4. The average molecular weight is 464 g/mol. The van der Waals surface area contributed by atoms with Crippen molar-refractivity contribution >= 4 is 40.8 Å². The summed E-state index contributed by atoms with van der Waals surface area (Å²) in [5.41, 5.74) is 3.37. The fourth-order valence-corrected chi connectivity index (χ4v) is 2.86. The normalized spacial score (nSPS) is 12.7. The van der Waals surface area contributed by atoms with E-state index in [-0.39, 0.29) is 24.0 Å². The molecule has 7 heteroatoms. The predicted octanol–water partition coefficient (Wildman–Crippen LogP) is 3.38. The van der Waals surface area contributed by atoms with E-state index in [0.29, 0.717) is 19.9 Å². The Labute approximate surface area is 169 Å². The lowest BCUT2D eigenvalue weighted by Gasteiger charge is -2.11. The van der Waals surface area contributed by atoms with Crippen LogP contribution in [0.15, 0.2) is 53.5 Å². The van der Waals surface area contributed by atoms with Gasteiger partial charge in [0.1, 0.15) is 0 Å². The number of hydrogen-bond acceptors (Lipinski definition) is 3. The van der Waals surface area contributed by atoms with E-state index in [0.717, 1.165) is 34.2 Å². The van der Waals surface area contributed by atoms with Gasteiger partial charge in [0.15, 0.2) is 17.5 Å². The Hall–Kier alpha value is -2.42. The van der Waals surface area contributed by atoms with Gasteiger partial charge in [-0.05, 0) is 35.2 Å². The second-order valence-electron chi connectivity index (χ2n) is 5.85. The van der Waals surface area contributed by atoms with E-state index >= 15 is 0 Å². The molecular weight excluding hydrogens is 443 g/mol. The number of aromatic nitrogens is 1. The number of guanidine groups is 1. The van der Waals surface area contributed by atoms with Gasteiger partial charge in [-0.1, -0.05) is 24.3 Å². The minimum absolute atomic E-state index is 0. The molecule has 1 aromatic heterocycles. The molecule has 0 saturated heterocycles. The maximum Gasteiger partial charge on any atom is 0.231 e. The van der Waals surface area contributed by atoms with Gasteiger partial charge in [-0.25, -0.2) is 0 Å². The highest BCUT2D eigenvalue weighted by Gasteiger charge is 2.13. The number of hydrogen-bond donors (Lipinski definition) is 3. The van der Waals surface area contributed by atoms with Gasteiger partial charge in [0.2, 0.25) is 6.79 Å². The molecule has 1 aliphatic rings. The standard InChI is InChI=1S/C19H20N4O2.HI/c1-20-19(21-10-13-6-7-17-18(8-13)25-12-24-17)22-11-15-9-14-4-2-3-5-16(14)23-15;/h2-9,23H,10-12H2,1H3,(H2,20,21,22);1H. The number of aliphatic imine (C=N–C) groups is 1. The van der Waals surface area contributed by atoms with Crippen molar-refractivity contribution in [1.29, 1.82) is 0 Å². The van der Waals surface area contributed by atoms with Crippen LogP contribution in [0.5, 0.6) is 11.5 Å². The zero-order valence-electron chi connectivity index (χ0n) is 14.4. The summed E-state index contributed by atoms with van der Waals surface area (Å²) in [6.45, 7) is 1.62. The third-order valence-electron chi connectivity index (χ3n) is 4.15. The molecule has 1 aliphatic heterocycles. The number of para-hydroxylation sites is 1. The number of halogens is 1. The quantitative estimate of drug-likeness (QED) is 0.315. The number of ether oxygens (including phenoxy) is 2. The largest absolute Gasteiger partial charge is 0.454 e. The van der Waals surface area contributed by atoms with Crippen molar-refractivity contribution in [2.24, 2.45) is 4.99 Å². The number of fused-ring (bicyclic) bond motifs is 2. The van der Waals surface area contributed by atoms with Gasteiger partial charge >= 0.3 is 0 Å². The molecule has 3 N–H and O–H groups in total. The Morgan fingerprint density at radius 3 is 2.69 bits per heavy atom. The Kier molecular flexibility index (Phi) is 5.87. The van der Waals surface area contributed by atoms with Crippen LogP contribution in [-0.4, -0.2) is 24.8 Å². The summed E-state index contributed by atoms with van der Waals surface area (Å²) in [5, 5.41) is 7.84. The fourth-order valence-electron chi connectivity index (χ4n) is 2.86. The van der Waals surface area contributed by atoms with E-state index in [4.69, 9.17) is 9.47 Å². The first-order valence-electron chi connectivity index (χ1n) is 8.21. The minimum Gasteiger partial charge on any atom is -0.454 e. The van der Waals surface area contributed by atoms with Crippen LogP contribution >= 0.6 is 24.0 Å². The van der Waals surface area contributed by atoms with E-state index in [2.05, 4.69) is 38.8 Å². The first kappa shape index (κ1) is 18.4. The number of nitrogens with one attached hydrogen (secondary N) is 3. The van der Waals surface area contributed by atoms with E-state index < -0.39 is 0 Å². The van der Waals surface area contributed by atoms with Crippen molar-refractivity contribution in [3.05, 3.63) is 59.8 Å². The molecular formula is C19H21IN4O2. The Balaban J connectivity index is 0.00000196. The highest BCUT2D eigenvalue weighted by molar-refractivity contribution is 14.0. The van der Waals surface area contributed by atoms with Crippen LogP contribution in [0.2, 0.25) is 0 Å². The van der Waals surface area contributed by atoms with Gasteiger partial charge < -0.3 is 25.1 Å². The van der Waals surface area contributed by atoms with E-state index in [1.807, 2.05) is 30.3 Å². The molecule has 4 rings (SSSR count). The van der Waals surface area contributed by atoms with E-state index in [9.17, 15) is 0 Å². The minimum atomic E-state index is 0. The summed E-state index contributed by atoms with van der Waals surface area (Å²) in [5.74, 6) is 2.33. The van der Waals surface area contributed by atoms with Crippen molar-refractivity contribution < 1.29 is 9.47 Å². The average Bonchev–Trinajstić information content (AvgIpc) is 3.27. The van der Waals surface area contributed by atoms with Crippen LogP contribution in [0, 0.1) is 0 Å². The highest BCUT2D eigenvalue weighted by Crippen LogP contribution is 2.32. The molecule has 2 aromatic carbocycles. The first-order chi connectivity index (χ1) is 12.3. The number of benzene rings is 2. The maximum atomic E-state index is 5.41. The lowest BCUT2D eigenvalue weighted by Crippen LogP contribution is -2.36. The molecule has 0 saturated carbocycles. The third kappa shape index (κ3) is 4.04. The number of aromatic amines is 1. The molecule has 0 atom stereocenters. The van der Waals surface area contributed by atoms with Crippen molar-refractivity contribution in [1.82, 2.24) is 15.6 Å². The van der Waals surface area contributed by atoms with Crippen LogP contribution in [0.25, 0.3) is 10.9 Å². The Bertz CT molecular complexity index is 890. The lowest BCUT2D eigenvalue weighted by atomic mass is 10.2. The summed E-state index contributed by atoms with van der Waals surface area (Å²) in [6, 6.07) is 16.3. The number of nitrogens with zero attached hydrogens (tertiary/aromatic N) is 1. The van der Waals surface area contributed by atoms with Gasteiger partial charge in [-0.2, -0.15) is 0 Å². The fraction of sp³-hybridized carbons (Fsp3) is 0.211. The first-order valence-corrected chi connectivity index (χ1v) is 8.21. The van der Waals surface area contributed by atoms with Crippen LogP contribution in [0.1, 0.15) is 11.3 Å². The molecule has 26 heavy (non-hydrogen) atoms. The van der Waals surface area contributed by atoms with Crippen LogP contribution < -0.4 is 20.1 Å². The van der Waals surface area contributed by atoms with Gasteiger partial charge in [0, 0.05) is 24.8 Å². The van der Waals surface area contributed by atoms with Crippen LogP contribution in [0.3, 0.4) is 0 Å². The summed E-state index contributed by atoms with van der Waals surface area (Å²) in [7, 11) is 1.76. The van der Waals surface area contributed by atoms with E-state index in [1.54, 1.807) is 7.05 Å². The summed E-state index contributed by atoms with van der Waals surface area (Å²) >= 11 is 0. The number of H-pyrrole nitrogens is 1. The van der Waals surface area contributed by atoms with Gasteiger partial charge in [-0.15, -0.1) is 24.0 Å². The van der Waals surface area contributed by atoms with E-state index in [1.165, 1.54) is 5.39 Å². The molecule has 0 bridgehead atoms. The molecule has 0 aliphatic carbocycles. The highest BCUT2D eigenvalue weighted by atomic mass is 127. The summed E-state index contributed by atoms with van der Waals surface area (Å²) in [6.07, 6.45) is 0. The van der Waals surface area contributed by atoms with Crippen LogP contribution in [-0.2, 0) is 13.1 Å². The molecule has 136 valence electrons. The molecule has 3 aromatic rings. The zero-order valence-corrected chi connectivity index (χ0v) is 16.7. The van der Waals surface area contributed by atoms with Gasteiger partial charge in [-0.3, -0.25) is 4.99 Å². The smallest absolute Gasteiger partial charge is 0.231 e. The molecule has 6 nitrogen and oxygen atoms in total. The second kappa shape index (κ2) is 8.31. The third-order valence-corrected chi connectivity index (χ3v) is 4.15. The second-order valence-corrected chi connectivity index (χ2v) is 5.85. The molecule has 2 heterocycles. The summed E-state index contributed by atoms with van der Waals surface area (Å²) in [4.78, 5) is 7.67. The lowest BCUT2D eigenvalue weighted by molar-refractivity contribution is 0.174. The zero-order chi connectivity index (χ0) is 17.1. The summed E-state index contributed by atoms with van der Waals surface area (Å²) < 4.78 is 10.7. The molecule has 0 unspecified atom stereocenters. The van der Waals surface area contributed by atoms with Gasteiger partial charge in [0.25, 0.3) is 0 Å². The molecule has 0 amide bonds. The Morgan fingerprint density at radius 1 is 1.04 bits per heavy atom.